The lowest BCUT2D eigenvalue weighted by atomic mass is 10.1. The van der Waals surface area contributed by atoms with E-state index in [4.69, 9.17) is 21.1 Å². The Kier molecular flexibility index (Phi) is 5.11. The minimum Gasteiger partial charge on any atom is -0.490 e. The number of aromatic nitrogens is 1. The summed E-state index contributed by atoms with van der Waals surface area (Å²) in [5.74, 6) is 2.20. The molecule has 1 saturated heterocycles. The Bertz CT molecular complexity index is 440. The van der Waals surface area contributed by atoms with Gasteiger partial charge in [0.05, 0.1) is 24.2 Å². The van der Waals surface area contributed by atoms with E-state index in [2.05, 4.69) is 30.7 Å². The van der Waals surface area contributed by atoms with Crippen molar-refractivity contribution in [2.24, 2.45) is 0 Å². The summed E-state index contributed by atoms with van der Waals surface area (Å²) in [6, 6.07) is 3.87. The zero-order valence-corrected chi connectivity index (χ0v) is 13.2. The molecule has 1 aliphatic heterocycles. The van der Waals surface area contributed by atoms with Crippen LogP contribution in [0.25, 0.3) is 0 Å². The van der Waals surface area contributed by atoms with Gasteiger partial charge in [-0.15, -0.1) is 11.6 Å². The number of alkyl halides is 1. The second kappa shape index (κ2) is 6.64. The van der Waals surface area contributed by atoms with Gasteiger partial charge in [0, 0.05) is 19.3 Å². The summed E-state index contributed by atoms with van der Waals surface area (Å²) >= 11 is 5.98. The monoisotopic (exact) mass is 298 g/mol. The lowest BCUT2D eigenvalue weighted by Crippen LogP contribution is -2.53. The molecule has 0 saturated carbocycles. The van der Waals surface area contributed by atoms with Gasteiger partial charge in [-0.2, -0.15) is 0 Å². The zero-order valence-electron chi connectivity index (χ0n) is 12.4. The summed E-state index contributed by atoms with van der Waals surface area (Å²) in [6.07, 6.45) is 2.79. The number of rotatable bonds is 5. The highest BCUT2D eigenvalue weighted by Gasteiger charge is 2.34. The predicted molar refractivity (Wildman–Crippen MR) is 81.9 cm³/mol. The predicted octanol–water partition coefficient (Wildman–Crippen LogP) is 3.09. The third kappa shape index (κ3) is 3.76. The van der Waals surface area contributed by atoms with Crippen LogP contribution in [0.15, 0.2) is 18.3 Å². The van der Waals surface area contributed by atoms with Crippen LogP contribution < -0.4 is 9.64 Å². The molecule has 0 bridgehead atoms. The van der Waals surface area contributed by atoms with E-state index in [1.807, 2.05) is 12.1 Å². The first kappa shape index (κ1) is 15.4. The molecule has 0 radical (unpaired) electrons. The Hall–Kier alpha value is -1.00. The van der Waals surface area contributed by atoms with Crippen LogP contribution in [0.2, 0.25) is 0 Å². The second-order valence-electron chi connectivity index (χ2n) is 5.71. The van der Waals surface area contributed by atoms with E-state index < -0.39 is 0 Å². The van der Waals surface area contributed by atoms with E-state index in [0.29, 0.717) is 12.5 Å². The molecule has 5 heteroatoms. The summed E-state index contributed by atoms with van der Waals surface area (Å²) in [5, 5.41) is 0. The average molecular weight is 299 g/mol. The molecular formula is C15H23ClN2O2. The van der Waals surface area contributed by atoms with Gasteiger partial charge >= 0.3 is 0 Å². The molecule has 0 aromatic carbocycles. The number of pyridine rings is 1. The van der Waals surface area contributed by atoms with Crippen molar-refractivity contribution in [1.29, 1.82) is 0 Å². The number of halogens is 1. The van der Waals surface area contributed by atoms with Crippen molar-refractivity contribution in [3.63, 3.8) is 0 Å². The molecule has 1 aromatic heterocycles. The summed E-state index contributed by atoms with van der Waals surface area (Å²) in [4.78, 5) is 6.70. The van der Waals surface area contributed by atoms with Crippen molar-refractivity contribution >= 4 is 17.4 Å². The quantitative estimate of drug-likeness (QED) is 0.783. The molecular weight excluding hydrogens is 276 g/mol. The van der Waals surface area contributed by atoms with Crippen LogP contribution in [0, 0.1) is 0 Å². The maximum Gasteiger partial charge on any atom is 0.171 e. The van der Waals surface area contributed by atoms with E-state index in [0.717, 1.165) is 31.1 Å². The Morgan fingerprint density at radius 3 is 3.05 bits per heavy atom. The second-order valence-corrected chi connectivity index (χ2v) is 6.02. The van der Waals surface area contributed by atoms with E-state index in [-0.39, 0.29) is 11.7 Å². The summed E-state index contributed by atoms with van der Waals surface area (Å²) in [7, 11) is 0. The first-order chi connectivity index (χ1) is 9.55. The highest BCUT2D eigenvalue weighted by molar-refractivity contribution is 6.18. The third-order valence-electron chi connectivity index (χ3n) is 3.17. The fourth-order valence-corrected chi connectivity index (χ4v) is 2.64. The van der Waals surface area contributed by atoms with Crippen molar-refractivity contribution in [2.45, 2.75) is 38.9 Å². The largest absolute Gasteiger partial charge is 0.490 e. The highest BCUT2D eigenvalue weighted by atomic mass is 35.5. The number of nitrogens with zero attached hydrogens (tertiary/aromatic N) is 2. The highest BCUT2D eigenvalue weighted by Crippen LogP contribution is 2.31. The maximum absolute atomic E-state index is 5.98. The Balaban J connectivity index is 2.21. The molecule has 4 nitrogen and oxygen atoms in total. The first-order valence-electron chi connectivity index (χ1n) is 7.12. The van der Waals surface area contributed by atoms with Crippen LogP contribution in [-0.4, -0.2) is 42.3 Å². The van der Waals surface area contributed by atoms with Crippen molar-refractivity contribution in [1.82, 2.24) is 4.98 Å². The minimum atomic E-state index is -0.239. The van der Waals surface area contributed by atoms with Gasteiger partial charge in [-0.05, 0) is 32.4 Å². The molecule has 0 amide bonds. The van der Waals surface area contributed by atoms with Gasteiger partial charge < -0.3 is 14.4 Å². The molecule has 0 spiro atoms. The minimum absolute atomic E-state index is 0.0152. The smallest absolute Gasteiger partial charge is 0.171 e. The van der Waals surface area contributed by atoms with Gasteiger partial charge in [0.15, 0.2) is 11.6 Å². The molecule has 1 aliphatic rings. The Labute approximate surface area is 126 Å². The van der Waals surface area contributed by atoms with Crippen LogP contribution in [0.4, 0.5) is 5.82 Å². The summed E-state index contributed by atoms with van der Waals surface area (Å²) in [6.45, 7) is 8.47. The van der Waals surface area contributed by atoms with Crippen molar-refractivity contribution < 1.29 is 9.47 Å². The standard InChI is InChI=1S/C15H23ClN2O2/c1-4-8-19-13-6-5-7-17-14(13)18-10-12(9-16)20-15(2,3)11-18/h5-7,12H,4,8-11H2,1-3H3. The fraction of sp³-hybridized carbons (Fsp3) is 0.667. The SMILES string of the molecule is CCCOc1cccnc1N1CC(CCl)OC(C)(C)C1. The molecule has 1 unspecified atom stereocenters. The molecule has 1 atom stereocenters. The maximum atomic E-state index is 5.98. The number of ether oxygens (including phenoxy) is 2. The lowest BCUT2D eigenvalue weighted by Gasteiger charge is -2.43. The third-order valence-corrected chi connectivity index (χ3v) is 3.51. The van der Waals surface area contributed by atoms with Crippen LogP contribution in [0.5, 0.6) is 5.75 Å². The lowest BCUT2D eigenvalue weighted by molar-refractivity contribution is -0.0737. The molecule has 1 aromatic rings. The van der Waals surface area contributed by atoms with Gasteiger partial charge in [0.2, 0.25) is 0 Å². The van der Waals surface area contributed by atoms with Gasteiger partial charge in [0.25, 0.3) is 0 Å². The number of anilines is 1. The van der Waals surface area contributed by atoms with E-state index >= 15 is 0 Å². The molecule has 112 valence electrons. The van der Waals surface area contributed by atoms with Crippen LogP contribution in [0.3, 0.4) is 0 Å². The van der Waals surface area contributed by atoms with Crippen molar-refractivity contribution in [3.8, 4) is 5.75 Å². The van der Waals surface area contributed by atoms with Crippen molar-refractivity contribution in [2.75, 3.05) is 30.5 Å². The zero-order chi connectivity index (χ0) is 14.6. The molecule has 2 heterocycles. The van der Waals surface area contributed by atoms with Gasteiger partial charge in [0.1, 0.15) is 0 Å². The Morgan fingerprint density at radius 2 is 2.35 bits per heavy atom. The van der Waals surface area contributed by atoms with Crippen molar-refractivity contribution in [3.05, 3.63) is 18.3 Å². The van der Waals surface area contributed by atoms with E-state index in [1.165, 1.54) is 0 Å². The molecule has 20 heavy (non-hydrogen) atoms. The van der Waals surface area contributed by atoms with Gasteiger partial charge in [-0.1, -0.05) is 6.92 Å². The van der Waals surface area contributed by atoms with Gasteiger partial charge in [-0.3, -0.25) is 0 Å². The topological polar surface area (TPSA) is 34.6 Å². The van der Waals surface area contributed by atoms with E-state index in [9.17, 15) is 0 Å². The van der Waals surface area contributed by atoms with Crippen LogP contribution >= 0.6 is 11.6 Å². The normalized spacial score (nSPS) is 21.8. The Morgan fingerprint density at radius 1 is 1.55 bits per heavy atom. The van der Waals surface area contributed by atoms with E-state index in [1.54, 1.807) is 6.20 Å². The van der Waals surface area contributed by atoms with Crippen LogP contribution in [-0.2, 0) is 4.74 Å². The van der Waals surface area contributed by atoms with Crippen LogP contribution in [0.1, 0.15) is 27.2 Å². The molecule has 2 rings (SSSR count). The first-order valence-corrected chi connectivity index (χ1v) is 7.65. The summed E-state index contributed by atoms with van der Waals surface area (Å²) in [5.41, 5.74) is -0.239. The summed E-state index contributed by atoms with van der Waals surface area (Å²) < 4.78 is 11.8. The molecule has 0 aliphatic carbocycles. The fourth-order valence-electron chi connectivity index (χ4n) is 2.48. The molecule has 0 N–H and O–H groups in total. The average Bonchev–Trinajstić information content (AvgIpc) is 2.43. The number of hydrogen-bond donors (Lipinski definition) is 0. The number of hydrogen-bond acceptors (Lipinski definition) is 4. The molecule has 1 fully saturated rings. The number of morpholine rings is 1. The van der Waals surface area contributed by atoms with Gasteiger partial charge in [-0.25, -0.2) is 4.98 Å².